The van der Waals surface area contributed by atoms with E-state index in [-0.39, 0.29) is 6.42 Å². The molecule has 1 aliphatic rings. The minimum Gasteiger partial charge on any atom is -0.481 e. The second-order valence-electron chi connectivity index (χ2n) is 4.28. The van der Waals surface area contributed by atoms with E-state index in [1.165, 1.54) is 29.5 Å². The SMILES string of the molecule is Cc1ccc(CC(=O)O)c2c1CCCC2. The van der Waals surface area contributed by atoms with Gasteiger partial charge in [-0.1, -0.05) is 12.1 Å². The van der Waals surface area contributed by atoms with E-state index in [0.717, 1.165) is 18.4 Å². The fourth-order valence-electron chi connectivity index (χ4n) is 2.45. The van der Waals surface area contributed by atoms with Gasteiger partial charge in [0.05, 0.1) is 6.42 Å². The van der Waals surface area contributed by atoms with E-state index in [1.807, 2.05) is 6.07 Å². The fourth-order valence-corrected chi connectivity index (χ4v) is 2.45. The van der Waals surface area contributed by atoms with Gasteiger partial charge in [-0.15, -0.1) is 0 Å². The molecule has 0 saturated heterocycles. The summed E-state index contributed by atoms with van der Waals surface area (Å²) >= 11 is 0. The summed E-state index contributed by atoms with van der Waals surface area (Å²) in [6, 6.07) is 4.04. The van der Waals surface area contributed by atoms with Gasteiger partial charge in [0.15, 0.2) is 0 Å². The van der Waals surface area contributed by atoms with Crippen LogP contribution in [-0.4, -0.2) is 11.1 Å². The number of carboxylic acid groups (broad SMARTS) is 1. The number of benzene rings is 1. The third-order valence-corrected chi connectivity index (χ3v) is 3.21. The summed E-state index contributed by atoms with van der Waals surface area (Å²) in [5.41, 5.74) is 5.05. The summed E-state index contributed by atoms with van der Waals surface area (Å²) in [7, 11) is 0. The quantitative estimate of drug-likeness (QED) is 0.803. The molecule has 0 amide bonds. The highest BCUT2D eigenvalue weighted by Gasteiger charge is 2.16. The first-order valence-electron chi connectivity index (χ1n) is 5.50. The Bertz CT molecular complexity index is 394. The van der Waals surface area contributed by atoms with Gasteiger partial charge in [-0.25, -0.2) is 0 Å². The van der Waals surface area contributed by atoms with Crippen LogP contribution in [0.3, 0.4) is 0 Å². The molecule has 0 fully saturated rings. The molecule has 0 aliphatic heterocycles. The van der Waals surface area contributed by atoms with Crippen LogP contribution in [-0.2, 0) is 24.1 Å². The van der Waals surface area contributed by atoms with Gasteiger partial charge in [-0.05, 0) is 54.9 Å². The zero-order chi connectivity index (χ0) is 10.8. The molecule has 0 atom stereocenters. The summed E-state index contributed by atoms with van der Waals surface area (Å²) in [6.07, 6.45) is 4.78. The third-order valence-electron chi connectivity index (χ3n) is 3.21. The summed E-state index contributed by atoms with van der Waals surface area (Å²) in [6.45, 7) is 2.12. The molecule has 0 spiro atoms. The Morgan fingerprint density at radius 1 is 1.27 bits per heavy atom. The van der Waals surface area contributed by atoms with Gasteiger partial charge < -0.3 is 5.11 Å². The molecule has 1 aliphatic carbocycles. The standard InChI is InChI=1S/C13H16O2/c1-9-6-7-10(8-13(14)15)12-5-3-2-4-11(9)12/h6-7H,2-5,8H2,1H3,(H,14,15). The predicted octanol–water partition coefficient (Wildman–Crippen LogP) is 2.50. The number of aliphatic carboxylic acids is 1. The smallest absolute Gasteiger partial charge is 0.307 e. The van der Waals surface area contributed by atoms with Gasteiger partial charge in [-0.2, -0.15) is 0 Å². The maximum atomic E-state index is 10.7. The lowest BCUT2D eigenvalue weighted by atomic mass is 9.85. The van der Waals surface area contributed by atoms with Crippen LogP contribution in [0.1, 0.15) is 35.1 Å². The number of fused-ring (bicyclic) bond motifs is 1. The van der Waals surface area contributed by atoms with Crippen LogP contribution in [0.25, 0.3) is 0 Å². The van der Waals surface area contributed by atoms with E-state index in [9.17, 15) is 4.79 Å². The molecule has 0 unspecified atom stereocenters. The van der Waals surface area contributed by atoms with Crippen molar-refractivity contribution in [2.45, 2.75) is 39.0 Å². The van der Waals surface area contributed by atoms with E-state index < -0.39 is 5.97 Å². The third kappa shape index (κ3) is 2.04. The first-order valence-corrected chi connectivity index (χ1v) is 5.50. The average molecular weight is 204 g/mol. The molecular weight excluding hydrogens is 188 g/mol. The van der Waals surface area contributed by atoms with Crippen LogP contribution in [0.15, 0.2) is 12.1 Å². The van der Waals surface area contributed by atoms with Gasteiger partial charge in [0, 0.05) is 0 Å². The Labute approximate surface area is 89.9 Å². The Kier molecular flexibility index (Phi) is 2.76. The Balaban J connectivity index is 2.43. The first-order chi connectivity index (χ1) is 7.18. The topological polar surface area (TPSA) is 37.3 Å². The molecule has 0 radical (unpaired) electrons. The highest BCUT2D eigenvalue weighted by molar-refractivity contribution is 5.71. The highest BCUT2D eigenvalue weighted by atomic mass is 16.4. The second kappa shape index (κ2) is 4.05. The van der Waals surface area contributed by atoms with Gasteiger partial charge in [-0.3, -0.25) is 4.79 Å². The molecule has 1 aromatic rings. The summed E-state index contributed by atoms with van der Waals surface area (Å²) in [4.78, 5) is 10.7. The van der Waals surface area contributed by atoms with Gasteiger partial charge in [0.25, 0.3) is 0 Å². The minimum absolute atomic E-state index is 0.169. The minimum atomic E-state index is -0.730. The number of carbonyl (C=O) groups is 1. The molecular formula is C13H16O2. The lowest BCUT2D eigenvalue weighted by Gasteiger charge is -2.20. The Hall–Kier alpha value is -1.31. The van der Waals surface area contributed by atoms with Crippen LogP contribution in [0.4, 0.5) is 0 Å². The number of hydrogen-bond acceptors (Lipinski definition) is 1. The molecule has 2 heteroatoms. The molecule has 1 aromatic carbocycles. The van der Waals surface area contributed by atoms with Crippen LogP contribution in [0, 0.1) is 6.92 Å². The van der Waals surface area contributed by atoms with Crippen molar-refractivity contribution < 1.29 is 9.90 Å². The molecule has 80 valence electrons. The van der Waals surface area contributed by atoms with E-state index >= 15 is 0 Å². The van der Waals surface area contributed by atoms with Gasteiger partial charge in [0.1, 0.15) is 0 Å². The zero-order valence-corrected chi connectivity index (χ0v) is 9.05. The number of carboxylic acids is 1. The zero-order valence-electron chi connectivity index (χ0n) is 9.05. The number of aryl methyl sites for hydroxylation is 1. The van der Waals surface area contributed by atoms with E-state index in [4.69, 9.17) is 5.11 Å². The van der Waals surface area contributed by atoms with E-state index in [2.05, 4.69) is 13.0 Å². The Morgan fingerprint density at radius 3 is 2.60 bits per heavy atom. The van der Waals surface area contributed by atoms with Crippen molar-refractivity contribution in [2.24, 2.45) is 0 Å². The van der Waals surface area contributed by atoms with Crippen molar-refractivity contribution in [1.82, 2.24) is 0 Å². The van der Waals surface area contributed by atoms with Gasteiger partial charge >= 0.3 is 5.97 Å². The highest BCUT2D eigenvalue weighted by Crippen LogP contribution is 2.27. The predicted molar refractivity (Wildman–Crippen MR) is 59.2 cm³/mol. The fraction of sp³-hybridized carbons (Fsp3) is 0.462. The van der Waals surface area contributed by atoms with Crippen molar-refractivity contribution in [3.05, 3.63) is 34.4 Å². The first kappa shape index (κ1) is 10.2. The lowest BCUT2D eigenvalue weighted by Crippen LogP contribution is -2.11. The lowest BCUT2D eigenvalue weighted by molar-refractivity contribution is -0.136. The molecule has 0 aromatic heterocycles. The summed E-state index contributed by atoms with van der Waals surface area (Å²) < 4.78 is 0. The number of hydrogen-bond donors (Lipinski definition) is 1. The van der Waals surface area contributed by atoms with Crippen molar-refractivity contribution in [1.29, 1.82) is 0 Å². The second-order valence-corrected chi connectivity index (χ2v) is 4.28. The van der Waals surface area contributed by atoms with E-state index in [1.54, 1.807) is 0 Å². The maximum Gasteiger partial charge on any atom is 0.307 e. The van der Waals surface area contributed by atoms with Crippen molar-refractivity contribution in [2.75, 3.05) is 0 Å². The van der Waals surface area contributed by atoms with Crippen LogP contribution in [0.5, 0.6) is 0 Å². The number of rotatable bonds is 2. The van der Waals surface area contributed by atoms with Crippen molar-refractivity contribution in [3.8, 4) is 0 Å². The molecule has 0 bridgehead atoms. The van der Waals surface area contributed by atoms with E-state index in [0.29, 0.717) is 0 Å². The molecule has 1 N–H and O–H groups in total. The van der Waals surface area contributed by atoms with Crippen LogP contribution < -0.4 is 0 Å². The molecule has 15 heavy (non-hydrogen) atoms. The monoisotopic (exact) mass is 204 g/mol. The largest absolute Gasteiger partial charge is 0.481 e. The molecule has 0 saturated carbocycles. The van der Waals surface area contributed by atoms with Crippen molar-refractivity contribution in [3.63, 3.8) is 0 Å². The van der Waals surface area contributed by atoms with Gasteiger partial charge in [0.2, 0.25) is 0 Å². The molecule has 2 rings (SSSR count). The maximum absolute atomic E-state index is 10.7. The average Bonchev–Trinajstić information content (AvgIpc) is 2.22. The molecule has 2 nitrogen and oxygen atoms in total. The molecule has 0 heterocycles. The normalized spacial score (nSPS) is 14.7. The van der Waals surface area contributed by atoms with Crippen molar-refractivity contribution >= 4 is 5.97 Å². The van der Waals surface area contributed by atoms with Crippen LogP contribution >= 0.6 is 0 Å². The summed E-state index contributed by atoms with van der Waals surface area (Å²) in [5.74, 6) is -0.730. The van der Waals surface area contributed by atoms with Crippen LogP contribution in [0.2, 0.25) is 0 Å². The Morgan fingerprint density at radius 2 is 1.93 bits per heavy atom. The summed E-state index contributed by atoms with van der Waals surface area (Å²) in [5, 5.41) is 8.84.